The molecule has 0 aromatic heterocycles. The Kier molecular flexibility index (Phi) is 7.02. The van der Waals surface area contributed by atoms with Crippen LogP contribution in [-0.2, 0) is 28.7 Å². The van der Waals surface area contributed by atoms with Gasteiger partial charge in [-0.05, 0) is 6.92 Å². The predicted octanol–water partition coefficient (Wildman–Crippen LogP) is -0.694. The SMILES string of the molecule is COC(=O)/C=C/C(=O)OCC(=O)N(C)CC(C)=O. The fourth-order valence-electron chi connectivity index (χ4n) is 0.917. The first-order valence-corrected chi connectivity index (χ1v) is 5.03. The number of Topliss-reactive ketones (excluding diaryl/α,β-unsaturated/α-hetero) is 1. The molecule has 7 nitrogen and oxygen atoms in total. The van der Waals surface area contributed by atoms with Crippen molar-refractivity contribution in [3.63, 3.8) is 0 Å². The number of nitrogens with zero attached hydrogens (tertiary/aromatic N) is 1. The highest BCUT2D eigenvalue weighted by molar-refractivity contribution is 5.93. The van der Waals surface area contributed by atoms with E-state index in [9.17, 15) is 19.2 Å². The van der Waals surface area contributed by atoms with E-state index in [4.69, 9.17) is 0 Å². The van der Waals surface area contributed by atoms with Gasteiger partial charge in [0, 0.05) is 19.2 Å². The number of methoxy groups -OCH3 is 1. The molecule has 0 N–H and O–H groups in total. The summed E-state index contributed by atoms with van der Waals surface area (Å²) in [5, 5.41) is 0. The van der Waals surface area contributed by atoms with Gasteiger partial charge in [-0.1, -0.05) is 0 Å². The van der Waals surface area contributed by atoms with Crippen molar-refractivity contribution in [1.29, 1.82) is 0 Å². The van der Waals surface area contributed by atoms with Crippen LogP contribution in [0.4, 0.5) is 0 Å². The lowest BCUT2D eigenvalue weighted by atomic mass is 10.4. The molecule has 1 amide bonds. The van der Waals surface area contributed by atoms with Crippen molar-refractivity contribution in [2.45, 2.75) is 6.92 Å². The number of hydrogen-bond donors (Lipinski definition) is 0. The summed E-state index contributed by atoms with van der Waals surface area (Å²) >= 11 is 0. The molecule has 0 rings (SSSR count). The van der Waals surface area contributed by atoms with Crippen LogP contribution in [0.15, 0.2) is 12.2 Å². The van der Waals surface area contributed by atoms with Gasteiger partial charge in [0.2, 0.25) is 0 Å². The number of carbonyl (C=O) groups is 4. The van der Waals surface area contributed by atoms with Crippen LogP contribution in [0, 0.1) is 0 Å². The summed E-state index contributed by atoms with van der Waals surface area (Å²) in [7, 11) is 2.58. The van der Waals surface area contributed by atoms with E-state index < -0.39 is 24.5 Å². The van der Waals surface area contributed by atoms with Crippen LogP contribution in [0.25, 0.3) is 0 Å². The lowest BCUT2D eigenvalue weighted by Crippen LogP contribution is -2.34. The van der Waals surface area contributed by atoms with Crippen LogP contribution in [-0.4, -0.2) is 55.8 Å². The molecule has 0 aliphatic rings. The van der Waals surface area contributed by atoms with E-state index in [1.165, 1.54) is 14.0 Å². The molecule has 0 radical (unpaired) electrons. The predicted molar refractivity (Wildman–Crippen MR) is 60.4 cm³/mol. The standard InChI is InChI=1S/C11H15NO6/c1-8(13)6-12(2)9(14)7-18-11(16)5-4-10(15)17-3/h4-5H,6-7H2,1-3H3/b5-4+. The monoisotopic (exact) mass is 257 g/mol. The molecule has 0 saturated heterocycles. The number of ether oxygens (including phenoxy) is 2. The van der Waals surface area contributed by atoms with Crippen LogP contribution in [0.3, 0.4) is 0 Å². The van der Waals surface area contributed by atoms with Crippen LogP contribution in [0.1, 0.15) is 6.92 Å². The summed E-state index contributed by atoms with van der Waals surface area (Å²) in [4.78, 5) is 45.0. The highest BCUT2D eigenvalue weighted by Gasteiger charge is 2.12. The Morgan fingerprint density at radius 2 is 1.67 bits per heavy atom. The van der Waals surface area contributed by atoms with Crippen molar-refractivity contribution in [1.82, 2.24) is 4.90 Å². The maximum Gasteiger partial charge on any atom is 0.331 e. The zero-order chi connectivity index (χ0) is 14.1. The van der Waals surface area contributed by atoms with Gasteiger partial charge in [0.25, 0.3) is 5.91 Å². The van der Waals surface area contributed by atoms with Crippen molar-refractivity contribution in [3.05, 3.63) is 12.2 Å². The fourth-order valence-corrected chi connectivity index (χ4v) is 0.917. The second-order valence-electron chi connectivity index (χ2n) is 3.42. The number of carbonyl (C=O) groups excluding carboxylic acids is 4. The summed E-state index contributed by atoms with van der Waals surface area (Å²) in [6, 6.07) is 0. The summed E-state index contributed by atoms with van der Waals surface area (Å²) in [6.45, 7) is 0.803. The molecular weight excluding hydrogens is 242 g/mol. The van der Waals surface area contributed by atoms with Gasteiger partial charge in [-0.3, -0.25) is 9.59 Å². The molecule has 18 heavy (non-hydrogen) atoms. The van der Waals surface area contributed by atoms with Gasteiger partial charge < -0.3 is 14.4 Å². The zero-order valence-corrected chi connectivity index (χ0v) is 10.5. The molecule has 0 aliphatic heterocycles. The molecule has 0 spiro atoms. The molecule has 7 heteroatoms. The number of ketones is 1. The van der Waals surface area contributed by atoms with Crippen molar-refractivity contribution in [3.8, 4) is 0 Å². The second kappa shape index (κ2) is 7.99. The quantitative estimate of drug-likeness (QED) is 0.462. The first kappa shape index (κ1) is 15.8. The Labute approximate surface area is 104 Å². The summed E-state index contributed by atoms with van der Waals surface area (Å²) in [5.41, 5.74) is 0. The number of hydrogen-bond acceptors (Lipinski definition) is 6. The van der Waals surface area contributed by atoms with Crippen LogP contribution in [0.2, 0.25) is 0 Å². The van der Waals surface area contributed by atoms with E-state index in [1.54, 1.807) is 0 Å². The molecule has 0 atom stereocenters. The average Bonchev–Trinajstić information content (AvgIpc) is 2.31. The van der Waals surface area contributed by atoms with Gasteiger partial charge in [-0.2, -0.15) is 0 Å². The molecular formula is C11H15NO6. The van der Waals surface area contributed by atoms with Gasteiger partial charge in [0.15, 0.2) is 6.61 Å². The smallest absolute Gasteiger partial charge is 0.331 e. The zero-order valence-electron chi connectivity index (χ0n) is 10.5. The highest BCUT2D eigenvalue weighted by Crippen LogP contribution is 1.90. The van der Waals surface area contributed by atoms with E-state index in [0.29, 0.717) is 0 Å². The lowest BCUT2D eigenvalue weighted by molar-refractivity contribution is -0.148. The number of rotatable bonds is 6. The Morgan fingerprint density at radius 1 is 1.11 bits per heavy atom. The van der Waals surface area contributed by atoms with E-state index in [1.807, 2.05) is 0 Å². The molecule has 0 unspecified atom stereocenters. The maximum absolute atomic E-state index is 11.4. The van der Waals surface area contributed by atoms with Gasteiger partial charge in [0.05, 0.1) is 13.7 Å². The Balaban J connectivity index is 4.06. The van der Waals surface area contributed by atoms with Crippen molar-refractivity contribution >= 4 is 23.6 Å². The van der Waals surface area contributed by atoms with E-state index in [-0.39, 0.29) is 12.3 Å². The van der Waals surface area contributed by atoms with E-state index in [0.717, 1.165) is 24.2 Å². The summed E-state index contributed by atoms with van der Waals surface area (Å²) in [5.74, 6) is -2.23. The van der Waals surface area contributed by atoms with E-state index in [2.05, 4.69) is 9.47 Å². The molecule has 0 aliphatic carbocycles. The second-order valence-corrected chi connectivity index (χ2v) is 3.42. The number of likely N-dealkylation sites (N-methyl/N-ethyl adjacent to an activating group) is 1. The van der Waals surface area contributed by atoms with Crippen LogP contribution in [0.5, 0.6) is 0 Å². The van der Waals surface area contributed by atoms with Crippen molar-refractivity contribution < 1.29 is 28.7 Å². The van der Waals surface area contributed by atoms with Crippen LogP contribution >= 0.6 is 0 Å². The average molecular weight is 257 g/mol. The fraction of sp³-hybridized carbons (Fsp3) is 0.455. The molecule has 0 bridgehead atoms. The normalized spacial score (nSPS) is 9.94. The lowest BCUT2D eigenvalue weighted by Gasteiger charge is -2.14. The van der Waals surface area contributed by atoms with Crippen LogP contribution < -0.4 is 0 Å². The molecule has 100 valence electrons. The largest absolute Gasteiger partial charge is 0.466 e. The molecule has 0 saturated carbocycles. The molecule has 0 fully saturated rings. The van der Waals surface area contributed by atoms with Gasteiger partial charge in [-0.25, -0.2) is 9.59 Å². The van der Waals surface area contributed by atoms with Gasteiger partial charge >= 0.3 is 11.9 Å². The Hall–Kier alpha value is -2.18. The molecule has 0 heterocycles. The van der Waals surface area contributed by atoms with E-state index >= 15 is 0 Å². The highest BCUT2D eigenvalue weighted by atomic mass is 16.5. The topological polar surface area (TPSA) is 90.0 Å². The summed E-state index contributed by atoms with van der Waals surface area (Å²) < 4.78 is 8.83. The minimum atomic E-state index is -0.843. The summed E-state index contributed by atoms with van der Waals surface area (Å²) in [6.07, 6.45) is 1.73. The van der Waals surface area contributed by atoms with Crippen molar-refractivity contribution in [2.75, 3.05) is 27.3 Å². The minimum Gasteiger partial charge on any atom is -0.466 e. The first-order chi connectivity index (χ1) is 8.36. The third kappa shape index (κ3) is 7.15. The van der Waals surface area contributed by atoms with Gasteiger partial charge in [-0.15, -0.1) is 0 Å². The first-order valence-electron chi connectivity index (χ1n) is 5.03. The van der Waals surface area contributed by atoms with Gasteiger partial charge in [0.1, 0.15) is 5.78 Å². The molecule has 0 aromatic rings. The Bertz CT molecular complexity index is 374. The maximum atomic E-state index is 11.4. The minimum absolute atomic E-state index is 0.0472. The van der Waals surface area contributed by atoms with Crippen molar-refractivity contribution in [2.24, 2.45) is 0 Å². The molecule has 0 aromatic carbocycles. The number of esters is 2. The third-order valence-electron chi connectivity index (χ3n) is 1.78. The number of amides is 1. The third-order valence-corrected chi connectivity index (χ3v) is 1.78. The Morgan fingerprint density at radius 3 is 2.17 bits per heavy atom.